The van der Waals surface area contributed by atoms with Crippen LogP contribution in [0.5, 0.6) is 0 Å². The standard InChI is InChI=1S/C28H30N4O3/c1-2-32(25-11-4-3-5-12-25)28(35)21-13-15-23(16-14-21)30-26(33)20-29-24-10-8-9-22(19-24)27(34)31-17-6-7-18-31/h3-5,8-16,19,29H,2,6-7,17-18,20H2,1H3,(H,30,33). The van der Waals surface area contributed by atoms with Gasteiger partial charge in [-0.2, -0.15) is 0 Å². The number of rotatable bonds is 8. The van der Waals surface area contributed by atoms with E-state index in [4.69, 9.17) is 0 Å². The second-order valence-corrected chi connectivity index (χ2v) is 8.44. The van der Waals surface area contributed by atoms with Gasteiger partial charge in [0.25, 0.3) is 11.8 Å². The van der Waals surface area contributed by atoms with Crippen LogP contribution in [0.25, 0.3) is 0 Å². The maximum Gasteiger partial charge on any atom is 0.258 e. The number of para-hydroxylation sites is 1. The van der Waals surface area contributed by atoms with Gasteiger partial charge in [-0.05, 0) is 74.4 Å². The van der Waals surface area contributed by atoms with Crippen LogP contribution in [0.2, 0.25) is 0 Å². The van der Waals surface area contributed by atoms with Crippen molar-refractivity contribution in [3.8, 4) is 0 Å². The first-order valence-corrected chi connectivity index (χ1v) is 11.9. The minimum atomic E-state index is -0.222. The van der Waals surface area contributed by atoms with Crippen molar-refractivity contribution >= 4 is 34.8 Å². The molecule has 35 heavy (non-hydrogen) atoms. The predicted molar refractivity (Wildman–Crippen MR) is 139 cm³/mol. The zero-order valence-corrected chi connectivity index (χ0v) is 19.9. The molecule has 0 unspecified atom stereocenters. The molecular weight excluding hydrogens is 440 g/mol. The second-order valence-electron chi connectivity index (χ2n) is 8.44. The molecule has 0 atom stereocenters. The minimum absolute atomic E-state index is 0.0270. The largest absolute Gasteiger partial charge is 0.376 e. The lowest BCUT2D eigenvalue weighted by atomic mass is 10.1. The Hall–Kier alpha value is -4.13. The normalized spacial score (nSPS) is 12.8. The van der Waals surface area contributed by atoms with Gasteiger partial charge < -0.3 is 20.4 Å². The molecular formula is C28H30N4O3. The van der Waals surface area contributed by atoms with Crippen LogP contribution in [-0.4, -0.2) is 48.8 Å². The van der Waals surface area contributed by atoms with Gasteiger partial charge >= 0.3 is 0 Å². The Morgan fingerprint density at radius 3 is 2.23 bits per heavy atom. The number of hydrogen-bond donors (Lipinski definition) is 2. The monoisotopic (exact) mass is 470 g/mol. The topological polar surface area (TPSA) is 81.8 Å². The number of hydrogen-bond acceptors (Lipinski definition) is 4. The number of anilines is 3. The predicted octanol–water partition coefficient (Wildman–Crippen LogP) is 4.64. The molecule has 3 aromatic rings. The van der Waals surface area contributed by atoms with E-state index >= 15 is 0 Å². The minimum Gasteiger partial charge on any atom is -0.376 e. The quantitative estimate of drug-likeness (QED) is 0.503. The van der Waals surface area contributed by atoms with E-state index in [0.717, 1.165) is 31.6 Å². The third kappa shape index (κ3) is 6.06. The molecule has 0 aliphatic carbocycles. The highest BCUT2D eigenvalue weighted by Crippen LogP contribution is 2.19. The van der Waals surface area contributed by atoms with E-state index in [2.05, 4.69) is 10.6 Å². The fourth-order valence-electron chi connectivity index (χ4n) is 4.16. The molecule has 4 rings (SSSR count). The number of carbonyl (C=O) groups excluding carboxylic acids is 3. The van der Waals surface area contributed by atoms with E-state index < -0.39 is 0 Å². The van der Waals surface area contributed by atoms with Gasteiger partial charge in [0.2, 0.25) is 5.91 Å². The maximum atomic E-state index is 12.9. The van der Waals surface area contributed by atoms with Crippen molar-refractivity contribution in [2.45, 2.75) is 19.8 Å². The van der Waals surface area contributed by atoms with Gasteiger partial charge in [0.15, 0.2) is 0 Å². The van der Waals surface area contributed by atoms with E-state index in [1.54, 1.807) is 41.3 Å². The van der Waals surface area contributed by atoms with E-state index in [0.29, 0.717) is 29.0 Å². The van der Waals surface area contributed by atoms with Crippen LogP contribution < -0.4 is 15.5 Å². The number of likely N-dealkylation sites (tertiary alicyclic amines) is 1. The summed E-state index contributed by atoms with van der Waals surface area (Å²) in [5.41, 5.74) is 3.33. The number of carbonyl (C=O) groups is 3. The van der Waals surface area contributed by atoms with Crippen molar-refractivity contribution < 1.29 is 14.4 Å². The fraction of sp³-hybridized carbons (Fsp3) is 0.250. The summed E-state index contributed by atoms with van der Waals surface area (Å²) in [5.74, 6) is -0.291. The average Bonchev–Trinajstić information content (AvgIpc) is 3.44. The summed E-state index contributed by atoms with van der Waals surface area (Å²) in [6.07, 6.45) is 2.09. The Kier molecular flexibility index (Phi) is 7.77. The lowest BCUT2D eigenvalue weighted by Gasteiger charge is -2.21. The van der Waals surface area contributed by atoms with Gasteiger partial charge in [0.1, 0.15) is 0 Å². The van der Waals surface area contributed by atoms with Crippen molar-refractivity contribution in [2.75, 3.05) is 41.7 Å². The molecule has 3 amide bonds. The number of amides is 3. The smallest absolute Gasteiger partial charge is 0.258 e. The van der Waals surface area contributed by atoms with Crippen LogP contribution in [0.1, 0.15) is 40.5 Å². The molecule has 1 heterocycles. The number of nitrogens with one attached hydrogen (secondary N) is 2. The van der Waals surface area contributed by atoms with Crippen molar-refractivity contribution in [1.29, 1.82) is 0 Å². The maximum absolute atomic E-state index is 12.9. The summed E-state index contributed by atoms with van der Waals surface area (Å²) >= 11 is 0. The van der Waals surface area contributed by atoms with Gasteiger partial charge in [-0.25, -0.2) is 0 Å². The zero-order valence-electron chi connectivity index (χ0n) is 19.9. The van der Waals surface area contributed by atoms with Crippen LogP contribution in [0.3, 0.4) is 0 Å². The molecule has 0 aromatic heterocycles. The Balaban J connectivity index is 1.31. The molecule has 0 spiro atoms. The molecule has 1 aliphatic heterocycles. The van der Waals surface area contributed by atoms with Crippen LogP contribution in [0, 0.1) is 0 Å². The van der Waals surface area contributed by atoms with Crippen molar-refractivity contribution in [3.63, 3.8) is 0 Å². The summed E-state index contributed by atoms with van der Waals surface area (Å²) in [6.45, 7) is 4.14. The molecule has 1 aliphatic rings. The average molecular weight is 471 g/mol. The van der Waals surface area contributed by atoms with Crippen LogP contribution in [0.15, 0.2) is 78.9 Å². The van der Waals surface area contributed by atoms with Crippen LogP contribution in [-0.2, 0) is 4.79 Å². The highest BCUT2D eigenvalue weighted by molar-refractivity contribution is 6.06. The Labute approximate surface area is 205 Å². The van der Waals surface area contributed by atoms with Gasteiger partial charge in [-0.3, -0.25) is 14.4 Å². The SMILES string of the molecule is CCN(C(=O)c1ccc(NC(=O)CNc2cccc(C(=O)N3CCCC3)c2)cc1)c1ccccc1. The third-order valence-electron chi connectivity index (χ3n) is 6.00. The van der Waals surface area contributed by atoms with Crippen LogP contribution >= 0.6 is 0 Å². The first-order chi connectivity index (χ1) is 17.0. The molecule has 1 fully saturated rings. The van der Waals surface area contributed by atoms with Crippen LogP contribution in [0.4, 0.5) is 17.1 Å². The lowest BCUT2D eigenvalue weighted by molar-refractivity contribution is -0.114. The molecule has 2 N–H and O–H groups in total. The van der Waals surface area contributed by atoms with Crippen molar-refractivity contribution in [2.24, 2.45) is 0 Å². The molecule has 180 valence electrons. The summed E-state index contributed by atoms with van der Waals surface area (Å²) < 4.78 is 0. The van der Waals surface area contributed by atoms with E-state index in [-0.39, 0.29) is 24.3 Å². The molecule has 0 saturated carbocycles. The van der Waals surface area contributed by atoms with E-state index in [9.17, 15) is 14.4 Å². The highest BCUT2D eigenvalue weighted by Gasteiger charge is 2.19. The summed E-state index contributed by atoms with van der Waals surface area (Å²) in [7, 11) is 0. The van der Waals surface area contributed by atoms with Gasteiger partial charge in [-0.15, -0.1) is 0 Å². The molecule has 7 nitrogen and oxygen atoms in total. The lowest BCUT2D eigenvalue weighted by Crippen LogP contribution is -2.30. The summed E-state index contributed by atoms with van der Waals surface area (Å²) in [5, 5.41) is 5.91. The van der Waals surface area contributed by atoms with E-state index in [1.807, 2.05) is 54.3 Å². The Morgan fingerprint density at radius 2 is 1.54 bits per heavy atom. The second kappa shape index (κ2) is 11.3. The van der Waals surface area contributed by atoms with Crippen molar-refractivity contribution in [3.05, 3.63) is 90.0 Å². The first kappa shape index (κ1) is 24.0. The molecule has 3 aromatic carbocycles. The third-order valence-corrected chi connectivity index (χ3v) is 6.00. The summed E-state index contributed by atoms with van der Waals surface area (Å²) in [4.78, 5) is 41.5. The highest BCUT2D eigenvalue weighted by atomic mass is 16.2. The Bertz CT molecular complexity index is 1170. The molecule has 7 heteroatoms. The number of benzene rings is 3. The van der Waals surface area contributed by atoms with Crippen molar-refractivity contribution in [1.82, 2.24) is 4.90 Å². The van der Waals surface area contributed by atoms with E-state index in [1.165, 1.54) is 0 Å². The van der Waals surface area contributed by atoms with Gasteiger partial charge in [-0.1, -0.05) is 24.3 Å². The van der Waals surface area contributed by atoms with Gasteiger partial charge in [0.05, 0.1) is 6.54 Å². The first-order valence-electron chi connectivity index (χ1n) is 11.9. The summed E-state index contributed by atoms with van der Waals surface area (Å²) in [6, 6.07) is 23.6. The zero-order chi connectivity index (χ0) is 24.6. The molecule has 0 radical (unpaired) electrons. The Morgan fingerprint density at radius 1 is 0.829 bits per heavy atom. The number of nitrogens with zero attached hydrogens (tertiary/aromatic N) is 2. The molecule has 1 saturated heterocycles. The fourth-order valence-corrected chi connectivity index (χ4v) is 4.16. The van der Waals surface area contributed by atoms with Gasteiger partial charge in [0, 0.05) is 47.8 Å². The molecule has 0 bridgehead atoms.